The molecular formula is C19H21N3O4S2. The molecule has 3 heterocycles. The summed E-state index contributed by atoms with van der Waals surface area (Å²) in [5.74, 6) is 0.0381. The van der Waals surface area contributed by atoms with Crippen LogP contribution in [-0.2, 0) is 21.4 Å². The van der Waals surface area contributed by atoms with Gasteiger partial charge in [0.15, 0.2) is 0 Å². The van der Waals surface area contributed by atoms with Gasteiger partial charge in [-0.25, -0.2) is 13.1 Å². The monoisotopic (exact) mass is 419 g/mol. The molecular weight excluding hydrogens is 398 g/mol. The molecule has 2 aliphatic rings. The lowest BCUT2D eigenvalue weighted by molar-refractivity contribution is -0.130. The molecule has 9 heteroatoms. The molecule has 1 N–H and O–H groups in total. The summed E-state index contributed by atoms with van der Waals surface area (Å²) in [6.07, 6.45) is 1.34. The number of carbonyl (C=O) groups excluding carboxylic acids is 2. The number of nitrogens with zero attached hydrogens (tertiary/aromatic N) is 2. The van der Waals surface area contributed by atoms with Crippen LogP contribution in [0.15, 0.2) is 46.7 Å². The smallest absolute Gasteiger partial charge is 0.253 e. The lowest BCUT2D eigenvalue weighted by atomic mass is 10.1. The molecule has 7 nitrogen and oxygen atoms in total. The summed E-state index contributed by atoms with van der Waals surface area (Å²) in [6.45, 7) is 1.84. The van der Waals surface area contributed by atoms with E-state index in [0.29, 0.717) is 31.6 Å². The number of hydrogen-bond acceptors (Lipinski definition) is 5. The topological polar surface area (TPSA) is 86.8 Å². The third-order valence-electron chi connectivity index (χ3n) is 5.21. The van der Waals surface area contributed by atoms with E-state index in [1.54, 1.807) is 17.0 Å². The van der Waals surface area contributed by atoms with Gasteiger partial charge in [0.25, 0.3) is 5.91 Å². The lowest BCUT2D eigenvalue weighted by Gasteiger charge is -2.37. The summed E-state index contributed by atoms with van der Waals surface area (Å²) in [5.41, 5.74) is 0.454. The van der Waals surface area contributed by atoms with Crippen LogP contribution in [-0.4, -0.2) is 55.7 Å². The Kier molecular flexibility index (Phi) is 5.22. The zero-order valence-electron chi connectivity index (χ0n) is 15.2. The van der Waals surface area contributed by atoms with E-state index >= 15 is 0 Å². The number of carbonyl (C=O) groups is 2. The van der Waals surface area contributed by atoms with Gasteiger partial charge in [0.2, 0.25) is 15.9 Å². The quantitative estimate of drug-likeness (QED) is 0.799. The van der Waals surface area contributed by atoms with Crippen LogP contribution in [0.4, 0.5) is 0 Å². The van der Waals surface area contributed by atoms with Crippen molar-refractivity contribution in [3.8, 4) is 0 Å². The average molecular weight is 420 g/mol. The fourth-order valence-corrected chi connectivity index (χ4v) is 5.41. The molecule has 28 heavy (non-hydrogen) atoms. The van der Waals surface area contributed by atoms with Gasteiger partial charge in [-0.15, -0.1) is 11.3 Å². The second-order valence-corrected chi connectivity index (χ2v) is 9.76. The van der Waals surface area contributed by atoms with E-state index < -0.39 is 10.0 Å². The molecule has 1 atom stereocenters. The number of benzene rings is 1. The zero-order chi connectivity index (χ0) is 19.7. The first kappa shape index (κ1) is 19.1. The first-order chi connectivity index (χ1) is 13.4. The van der Waals surface area contributed by atoms with Crippen molar-refractivity contribution in [2.24, 2.45) is 0 Å². The summed E-state index contributed by atoms with van der Waals surface area (Å²) in [4.78, 5) is 29.2. The van der Waals surface area contributed by atoms with Gasteiger partial charge in [0, 0.05) is 49.1 Å². The van der Waals surface area contributed by atoms with Crippen LogP contribution in [0.5, 0.6) is 0 Å². The number of amides is 2. The summed E-state index contributed by atoms with van der Waals surface area (Å²) in [5, 5.41) is 1.89. The Hall–Kier alpha value is -2.23. The highest BCUT2D eigenvalue weighted by Gasteiger charge is 2.37. The van der Waals surface area contributed by atoms with Gasteiger partial charge < -0.3 is 9.80 Å². The predicted molar refractivity (Wildman–Crippen MR) is 105 cm³/mol. The van der Waals surface area contributed by atoms with Crippen molar-refractivity contribution in [3.05, 3.63) is 52.2 Å². The van der Waals surface area contributed by atoms with Gasteiger partial charge in [-0.3, -0.25) is 9.59 Å². The van der Waals surface area contributed by atoms with Crippen molar-refractivity contribution in [3.63, 3.8) is 0 Å². The standard InChI is InChI=1S/C19H21N3O4S2/c23-18-8-5-15-13-21(9-10-22(15)18)19(24)14-3-6-17(7-4-14)28(25,26)20-12-16-2-1-11-27-16/h1-4,6-7,11,15,20H,5,8-10,12-13H2/t15-/m0/s1. The molecule has 2 amide bonds. The summed E-state index contributed by atoms with van der Waals surface area (Å²) >= 11 is 1.49. The Morgan fingerprint density at radius 1 is 1.18 bits per heavy atom. The minimum atomic E-state index is -3.63. The molecule has 2 aromatic rings. The highest BCUT2D eigenvalue weighted by molar-refractivity contribution is 7.89. The van der Waals surface area contributed by atoms with Crippen molar-refractivity contribution in [1.29, 1.82) is 0 Å². The minimum Gasteiger partial charge on any atom is -0.336 e. The Balaban J connectivity index is 1.41. The Morgan fingerprint density at radius 2 is 1.96 bits per heavy atom. The molecule has 148 valence electrons. The number of rotatable bonds is 5. The van der Waals surface area contributed by atoms with Crippen molar-refractivity contribution < 1.29 is 18.0 Å². The van der Waals surface area contributed by atoms with Gasteiger partial charge >= 0.3 is 0 Å². The van der Waals surface area contributed by atoms with Crippen LogP contribution in [0.2, 0.25) is 0 Å². The maximum atomic E-state index is 12.8. The summed E-state index contributed by atoms with van der Waals surface area (Å²) in [7, 11) is -3.63. The maximum absolute atomic E-state index is 12.8. The zero-order valence-corrected chi connectivity index (χ0v) is 16.8. The van der Waals surface area contributed by atoms with Crippen LogP contribution in [0.1, 0.15) is 28.1 Å². The normalized spacial score (nSPS) is 19.7. The molecule has 0 saturated carbocycles. The van der Waals surface area contributed by atoms with E-state index in [9.17, 15) is 18.0 Å². The van der Waals surface area contributed by atoms with Crippen molar-refractivity contribution >= 4 is 33.2 Å². The number of thiophene rings is 1. The van der Waals surface area contributed by atoms with E-state index in [1.807, 2.05) is 22.4 Å². The van der Waals surface area contributed by atoms with Crippen molar-refractivity contribution in [2.75, 3.05) is 19.6 Å². The van der Waals surface area contributed by atoms with Gasteiger partial charge in [-0.1, -0.05) is 6.07 Å². The molecule has 0 unspecified atom stereocenters. The van der Waals surface area contributed by atoms with E-state index in [1.165, 1.54) is 23.5 Å². The molecule has 0 radical (unpaired) electrons. The fourth-order valence-electron chi connectivity index (χ4n) is 3.67. The SMILES string of the molecule is O=C(c1ccc(S(=O)(=O)NCc2cccs2)cc1)N1CCN2C(=O)CC[C@H]2C1. The molecule has 2 saturated heterocycles. The van der Waals surface area contributed by atoms with Gasteiger partial charge in [0.1, 0.15) is 0 Å². The third kappa shape index (κ3) is 3.82. The van der Waals surface area contributed by atoms with Crippen molar-refractivity contribution in [1.82, 2.24) is 14.5 Å². The number of piperazine rings is 1. The number of fused-ring (bicyclic) bond motifs is 1. The van der Waals surface area contributed by atoms with Crippen LogP contribution < -0.4 is 4.72 Å². The van der Waals surface area contributed by atoms with Crippen LogP contribution >= 0.6 is 11.3 Å². The largest absolute Gasteiger partial charge is 0.336 e. The summed E-state index contributed by atoms with van der Waals surface area (Å²) < 4.78 is 27.4. The first-order valence-electron chi connectivity index (χ1n) is 9.15. The number of hydrogen-bond donors (Lipinski definition) is 1. The molecule has 1 aromatic carbocycles. The highest BCUT2D eigenvalue weighted by atomic mass is 32.2. The molecule has 2 fully saturated rings. The number of nitrogens with one attached hydrogen (secondary N) is 1. The number of sulfonamides is 1. The van der Waals surface area contributed by atoms with Gasteiger partial charge in [-0.2, -0.15) is 0 Å². The molecule has 0 aliphatic carbocycles. The first-order valence-corrected chi connectivity index (χ1v) is 11.5. The Bertz CT molecular complexity index is 971. The second-order valence-electron chi connectivity index (χ2n) is 6.96. The minimum absolute atomic E-state index is 0.103. The highest BCUT2D eigenvalue weighted by Crippen LogP contribution is 2.24. The molecule has 0 spiro atoms. The van der Waals surface area contributed by atoms with Crippen molar-refractivity contribution in [2.45, 2.75) is 30.3 Å². The molecule has 0 bridgehead atoms. The van der Waals surface area contributed by atoms with E-state index in [4.69, 9.17) is 0 Å². The van der Waals surface area contributed by atoms with E-state index in [2.05, 4.69) is 4.72 Å². The van der Waals surface area contributed by atoms with Crippen LogP contribution in [0.25, 0.3) is 0 Å². The second kappa shape index (κ2) is 7.65. The molecule has 2 aliphatic heterocycles. The van der Waals surface area contributed by atoms with Gasteiger partial charge in [-0.05, 0) is 42.1 Å². The Labute approximate surface area is 168 Å². The molecule has 4 rings (SSSR count). The lowest BCUT2D eigenvalue weighted by Crippen LogP contribution is -2.53. The van der Waals surface area contributed by atoms with E-state index in [0.717, 1.165) is 11.3 Å². The average Bonchev–Trinajstić information content (AvgIpc) is 3.36. The Morgan fingerprint density at radius 3 is 2.68 bits per heavy atom. The maximum Gasteiger partial charge on any atom is 0.253 e. The predicted octanol–water partition coefficient (Wildman–Crippen LogP) is 1.67. The third-order valence-corrected chi connectivity index (χ3v) is 7.50. The molecule has 1 aromatic heterocycles. The van der Waals surface area contributed by atoms with Gasteiger partial charge in [0.05, 0.1) is 4.90 Å². The van der Waals surface area contributed by atoms with Crippen LogP contribution in [0.3, 0.4) is 0 Å². The fraction of sp³-hybridized carbons (Fsp3) is 0.368. The summed E-state index contributed by atoms with van der Waals surface area (Å²) in [6, 6.07) is 9.86. The van der Waals surface area contributed by atoms with Crippen LogP contribution in [0, 0.1) is 0 Å². The van der Waals surface area contributed by atoms with E-state index in [-0.39, 0.29) is 29.3 Å².